The summed E-state index contributed by atoms with van der Waals surface area (Å²) >= 11 is 0. The van der Waals surface area contributed by atoms with Crippen molar-refractivity contribution in [2.24, 2.45) is 0 Å². The average molecular weight is 462 g/mol. The van der Waals surface area contributed by atoms with Gasteiger partial charge in [0, 0.05) is 12.1 Å². The molecule has 0 radical (unpaired) electrons. The van der Waals surface area contributed by atoms with Crippen molar-refractivity contribution >= 4 is 28.8 Å². The first kappa shape index (κ1) is 22.8. The van der Waals surface area contributed by atoms with Crippen molar-refractivity contribution in [3.05, 3.63) is 83.8 Å². The van der Waals surface area contributed by atoms with Gasteiger partial charge in [-0.3, -0.25) is 9.59 Å². The van der Waals surface area contributed by atoms with Crippen molar-refractivity contribution in [3.63, 3.8) is 0 Å². The molecule has 0 aliphatic carbocycles. The number of amides is 2. The highest BCUT2D eigenvalue weighted by atomic mass is 19.1. The number of methoxy groups -OCH3 is 2. The van der Waals surface area contributed by atoms with E-state index < -0.39 is 17.6 Å². The van der Waals surface area contributed by atoms with E-state index in [9.17, 15) is 14.0 Å². The third-order valence-corrected chi connectivity index (χ3v) is 5.27. The maximum atomic E-state index is 13.6. The second-order valence-corrected chi connectivity index (χ2v) is 7.32. The Hall–Kier alpha value is -4.33. The molecular formula is C26H23FN2O5. The molecule has 34 heavy (non-hydrogen) atoms. The number of hydrogen-bond donors (Lipinski definition) is 1. The van der Waals surface area contributed by atoms with Gasteiger partial charge in [-0.15, -0.1) is 0 Å². The van der Waals surface area contributed by atoms with Crippen LogP contribution in [-0.4, -0.2) is 32.6 Å². The van der Waals surface area contributed by atoms with E-state index in [2.05, 4.69) is 5.32 Å². The Morgan fingerprint density at radius 1 is 0.882 bits per heavy atom. The normalized spacial score (nSPS) is 13.4. The van der Waals surface area contributed by atoms with E-state index >= 15 is 0 Å². The summed E-state index contributed by atoms with van der Waals surface area (Å²) < 4.78 is 29.8. The highest BCUT2D eigenvalue weighted by Crippen LogP contribution is 2.37. The monoisotopic (exact) mass is 462 g/mol. The molecule has 0 bridgehead atoms. The Morgan fingerprint density at radius 2 is 1.65 bits per heavy atom. The third-order valence-electron chi connectivity index (χ3n) is 5.27. The summed E-state index contributed by atoms with van der Waals surface area (Å²) in [5, 5.41) is 3.06. The molecule has 7 nitrogen and oxygen atoms in total. The van der Waals surface area contributed by atoms with Crippen LogP contribution in [-0.2, 0) is 9.59 Å². The molecule has 0 saturated carbocycles. The minimum atomic E-state index is -0.559. The largest absolute Gasteiger partial charge is 0.497 e. The first-order chi connectivity index (χ1) is 16.5. The second-order valence-electron chi connectivity index (χ2n) is 7.32. The predicted molar refractivity (Wildman–Crippen MR) is 127 cm³/mol. The molecule has 2 amide bonds. The number of hydrogen-bond acceptors (Lipinski definition) is 6. The molecule has 1 heterocycles. The van der Waals surface area contributed by atoms with Gasteiger partial charge in [0.05, 0.1) is 37.8 Å². The number of benzene rings is 3. The summed E-state index contributed by atoms with van der Waals surface area (Å²) in [5.74, 6) is -0.0346. The standard InChI is InChI=1S/C26H23FN2O5/c1-4-34-20-7-5-6-18(14-20)29-25(30)23(16-8-10-17(27)11-9-16)24(26(29)31)28-21-13-12-19(32-2)15-22(21)33-3/h5-15,28H,4H2,1-3H3. The zero-order valence-corrected chi connectivity index (χ0v) is 18.9. The lowest BCUT2D eigenvalue weighted by molar-refractivity contribution is -0.120. The number of rotatable bonds is 8. The predicted octanol–water partition coefficient (Wildman–Crippen LogP) is 4.64. The molecule has 3 aromatic carbocycles. The Labute approximate surface area is 196 Å². The molecule has 4 rings (SSSR count). The van der Waals surface area contributed by atoms with Gasteiger partial charge < -0.3 is 19.5 Å². The molecule has 0 atom stereocenters. The fraction of sp³-hybridized carbons (Fsp3) is 0.154. The molecule has 0 spiro atoms. The number of ether oxygens (including phenoxy) is 3. The summed E-state index contributed by atoms with van der Waals surface area (Å²) in [6.07, 6.45) is 0. The van der Waals surface area contributed by atoms with E-state index in [0.29, 0.717) is 40.8 Å². The van der Waals surface area contributed by atoms with Gasteiger partial charge in [-0.25, -0.2) is 9.29 Å². The Morgan fingerprint density at radius 3 is 2.32 bits per heavy atom. The molecule has 1 N–H and O–H groups in total. The Kier molecular flexibility index (Phi) is 6.49. The highest BCUT2D eigenvalue weighted by Gasteiger charge is 2.40. The molecule has 3 aromatic rings. The maximum Gasteiger partial charge on any atom is 0.282 e. The number of anilines is 2. The Balaban J connectivity index is 1.81. The van der Waals surface area contributed by atoms with Crippen LogP contribution >= 0.6 is 0 Å². The lowest BCUT2D eigenvalue weighted by Crippen LogP contribution is -2.32. The molecule has 0 aromatic heterocycles. The molecule has 0 fully saturated rings. The highest BCUT2D eigenvalue weighted by molar-refractivity contribution is 6.46. The van der Waals surface area contributed by atoms with Crippen LogP contribution in [0.25, 0.3) is 5.57 Å². The van der Waals surface area contributed by atoms with E-state index in [4.69, 9.17) is 14.2 Å². The van der Waals surface area contributed by atoms with Crippen molar-refractivity contribution in [2.45, 2.75) is 6.92 Å². The summed E-state index contributed by atoms with van der Waals surface area (Å²) in [6, 6.07) is 17.2. The van der Waals surface area contributed by atoms with Crippen LogP contribution in [0.2, 0.25) is 0 Å². The minimum Gasteiger partial charge on any atom is -0.497 e. The lowest BCUT2D eigenvalue weighted by Gasteiger charge is -2.17. The lowest BCUT2D eigenvalue weighted by atomic mass is 10.0. The number of imide groups is 1. The van der Waals surface area contributed by atoms with Crippen molar-refractivity contribution < 1.29 is 28.2 Å². The maximum absolute atomic E-state index is 13.6. The quantitative estimate of drug-likeness (QED) is 0.492. The first-order valence-electron chi connectivity index (χ1n) is 10.6. The van der Waals surface area contributed by atoms with Gasteiger partial charge in [0.1, 0.15) is 28.8 Å². The summed E-state index contributed by atoms with van der Waals surface area (Å²) in [6.45, 7) is 2.28. The minimum absolute atomic E-state index is 0.0434. The van der Waals surface area contributed by atoms with Gasteiger partial charge in [-0.1, -0.05) is 18.2 Å². The van der Waals surface area contributed by atoms with Crippen molar-refractivity contribution in [1.29, 1.82) is 0 Å². The fourth-order valence-corrected chi connectivity index (χ4v) is 3.68. The fourth-order valence-electron chi connectivity index (χ4n) is 3.68. The van der Waals surface area contributed by atoms with E-state index in [-0.39, 0.29) is 11.3 Å². The molecule has 8 heteroatoms. The topological polar surface area (TPSA) is 77.1 Å². The Bertz CT molecular complexity index is 1270. The zero-order chi connectivity index (χ0) is 24.2. The van der Waals surface area contributed by atoms with Gasteiger partial charge in [-0.05, 0) is 48.9 Å². The van der Waals surface area contributed by atoms with Crippen LogP contribution in [0.15, 0.2) is 72.4 Å². The number of nitrogens with zero attached hydrogens (tertiary/aromatic N) is 1. The van der Waals surface area contributed by atoms with Crippen molar-refractivity contribution in [2.75, 3.05) is 31.0 Å². The molecule has 1 aliphatic rings. The van der Waals surface area contributed by atoms with Crippen LogP contribution in [0, 0.1) is 5.82 Å². The summed E-state index contributed by atoms with van der Waals surface area (Å²) in [4.78, 5) is 28.2. The van der Waals surface area contributed by atoms with Crippen LogP contribution < -0.4 is 24.4 Å². The van der Waals surface area contributed by atoms with Gasteiger partial charge in [0.2, 0.25) is 0 Å². The van der Waals surface area contributed by atoms with Gasteiger partial charge in [0.15, 0.2) is 0 Å². The van der Waals surface area contributed by atoms with Gasteiger partial charge in [0.25, 0.3) is 11.8 Å². The van der Waals surface area contributed by atoms with E-state index in [1.165, 1.54) is 38.5 Å². The average Bonchev–Trinajstić information content (AvgIpc) is 3.09. The molecule has 174 valence electrons. The van der Waals surface area contributed by atoms with E-state index in [1.54, 1.807) is 42.5 Å². The molecule has 0 unspecified atom stereocenters. The van der Waals surface area contributed by atoms with Crippen LogP contribution in [0.3, 0.4) is 0 Å². The zero-order valence-electron chi connectivity index (χ0n) is 18.9. The number of nitrogens with one attached hydrogen (secondary N) is 1. The van der Waals surface area contributed by atoms with Gasteiger partial charge in [-0.2, -0.15) is 0 Å². The first-order valence-corrected chi connectivity index (χ1v) is 10.6. The smallest absolute Gasteiger partial charge is 0.282 e. The van der Waals surface area contributed by atoms with Crippen LogP contribution in [0.5, 0.6) is 17.2 Å². The van der Waals surface area contributed by atoms with Crippen LogP contribution in [0.1, 0.15) is 12.5 Å². The molecule has 0 saturated heterocycles. The van der Waals surface area contributed by atoms with E-state index in [0.717, 1.165) is 4.90 Å². The van der Waals surface area contributed by atoms with Crippen LogP contribution in [0.4, 0.5) is 15.8 Å². The number of carbonyl (C=O) groups excluding carboxylic acids is 2. The third kappa shape index (κ3) is 4.30. The number of halogens is 1. The summed E-state index contributed by atoms with van der Waals surface area (Å²) in [5.41, 5.74) is 1.38. The van der Waals surface area contributed by atoms with Crippen molar-refractivity contribution in [1.82, 2.24) is 0 Å². The SMILES string of the molecule is CCOc1cccc(N2C(=O)C(Nc3ccc(OC)cc3OC)=C(c3ccc(F)cc3)C2=O)c1. The molecule has 1 aliphatic heterocycles. The molecular weight excluding hydrogens is 439 g/mol. The van der Waals surface area contributed by atoms with E-state index in [1.807, 2.05) is 6.92 Å². The number of carbonyl (C=O) groups is 2. The van der Waals surface area contributed by atoms with Gasteiger partial charge >= 0.3 is 0 Å². The second kappa shape index (κ2) is 9.66. The van der Waals surface area contributed by atoms with Crippen molar-refractivity contribution in [3.8, 4) is 17.2 Å². The summed E-state index contributed by atoms with van der Waals surface area (Å²) in [7, 11) is 3.02.